The van der Waals surface area contributed by atoms with E-state index in [9.17, 15) is 14.3 Å². The van der Waals surface area contributed by atoms with Gasteiger partial charge in [0, 0.05) is 5.56 Å². The molecule has 0 aliphatic carbocycles. The van der Waals surface area contributed by atoms with Crippen LogP contribution in [-0.2, 0) is 0 Å². The van der Waals surface area contributed by atoms with Gasteiger partial charge in [0.1, 0.15) is 5.82 Å². The van der Waals surface area contributed by atoms with E-state index in [4.69, 9.17) is 4.52 Å². The number of benzene rings is 2. The van der Waals surface area contributed by atoms with Gasteiger partial charge in [0.15, 0.2) is 0 Å². The highest BCUT2D eigenvalue weighted by Crippen LogP contribution is 2.32. The second kappa shape index (κ2) is 6.37. The van der Waals surface area contributed by atoms with Crippen LogP contribution in [0.1, 0.15) is 38.2 Å². The first-order chi connectivity index (χ1) is 12.2. The Morgan fingerprint density at radius 1 is 1.00 bits per heavy atom. The Balaban J connectivity index is 2.18. The molecule has 3 rings (SSSR count). The third kappa shape index (κ3) is 2.87. The highest BCUT2D eigenvalue weighted by Gasteiger charge is 2.21. The van der Waals surface area contributed by atoms with Crippen molar-refractivity contribution in [2.24, 2.45) is 0 Å². The largest absolute Gasteiger partial charge is 0.478 e. The molecule has 0 aliphatic rings. The smallest absolute Gasteiger partial charge is 0.335 e. The number of halogens is 1. The van der Waals surface area contributed by atoms with E-state index in [1.807, 2.05) is 20.8 Å². The van der Waals surface area contributed by atoms with Crippen LogP contribution in [0, 0.1) is 40.4 Å². The van der Waals surface area contributed by atoms with Gasteiger partial charge >= 0.3 is 5.97 Å². The van der Waals surface area contributed by atoms with Crippen molar-refractivity contribution < 1.29 is 18.8 Å². The third-order valence-corrected chi connectivity index (χ3v) is 4.76. The summed E-state index contributed by atoms with van der Waals surface area (Å²) in [7, 11) is 0. The number of carbonyl (C=O) groups is 1. The SMILES string of the molecule is Cc1cc(C(=O)O)cc(-c2noc(-c3c(C)c(C)cc(C)c3F)n2)c1C. The monoisotopic (exact) mass is 354 g/mol. The van der Waals surface area contributed by atoms with Gasteiger partial charge in [-0.05, 0) is 74.6 Å². The molecule has 6 heteroatoms. The van der Waals surface area contributed by atoms with Crippen LogP contribution in [0.4, 0.5) is 4.39 Å². The van der Waals surface area contributed by atoms with Gasteiger partial charge in [-0.15, -0.1) is 0 Å². The molecule has 0 aliphatic heterocycles. The molecular weight excluding hydrogens is 335 g/mol. The lowest BCUT2D eigenvalue weighted by Crippen LogP contribution is -2.00. The number of aromatic carboxylic acids is 1. The summed E-state index contributed by atoms with van der Waals surface area (Å²) in [4.78, 5) is 15.7. The Hall–Kier alpha value is -3.02. The Morgan fingerprint density at radius 3 is 2.31 bits per heavy atom. The molecule has 0 saturated heterocycles. The van der Waals surface area contributed by atoms with Crippen molar-refractivity contribution in [2.45, 2.75) is 34.6 Å². The molecule has 0 amide bonds. The summed E-state index contributed by atoms with van der Waals surface area (Å²) >= 11 is 0. The predicted octanol–water partition coefficient (Wildman–Crippen LogP) is 4.78. The summed E-state index contributed by atoms with van der Waals surface area (Å²) in [6.07, 6.45) is 0. The highest BCUT2D eigenvalue weighted by atomic mass is 19.1. The molecule has 0 radical (unpaired) electrons. The van der Waals surface area contributed by atoms with Crippen molar-refractivity contribution >= 4 is 5.97 Å². The van der Waals surface area contributed by atoms with Crippen LogP contribution in [0.15, 0.2) is 22.7 Å². The van der Waals surface area contributed by atoms with Crippen molar-refractivity contribution in [1.29, 1.82) is 0 Å². The minimum Gasteiger partial charge on any atom is -0.478 e. The summed E-state index contributed by atoms with van der Waals surface area (Å²) < 4.78 is 20.0. The molecule has 1 N–H and O–H groups in total. The topological polar surface area (TPSA) is 76.2 Å². The van der Waals surface area contributed by atoms with E-state index in [2.05, 4.69) is 10.1 Å². The molecule has 134 valence electrons. The van der Waals surface area contributed by atoms with Crippen LogP contribution in [0.2, 0.25) is 0 Å². The molecular formula is C20H19FN2O3. The predicted molar refractivity (Wildman–Crippen MR) is 95.8 cm³/mol. The lowest BCUT2D eigenvalue weighted by Gasteiger charge is -2.09. The summed E-state index contributed by atoms with van der Waals surface area (Å²) in [5.41, 5.74) is 4.80. The first-order valence-electron chi connectivity index (χ1n) is 8.16. The number of aryl methyl sites for hydroxylation is 3. The molecule has 26 heavy (non-hydrogen) atoms. The molecule has 5 nitrogen and oxygen atoms in total. The van der Waals surface area contributed by atoms with E-state index < -0.39 is 11.8 Å². The van der Waals surface area contributed by atoms with Gasteiger partial charge in [-0.2, -0.15) is 4.98 Å². The fourth-order valence-electron chi connectivity index (χ4n) is 2.96. The van der Waals surface area contributed by atoms with Crippen LogP contribution >= 0.6 is 0 Å². The Kier molecular flexibility index (Phi) is 4.36. The number of carboxylic acid groups (broad SMARTS) is 1. The van der Waals surface area contributed by atoms with E-state index in [1.165, 1.54) is 6.07 Å². The minimum atomic E-state index is -1.03. The lowest BCUT2D eigenvalue weighted by molar-refractivity contribution is 0.0697. The molecule has 0 fully saturated rings. The fraction of sp³-hybridized carbons (Fsp3) is 0.250. The Labute approximate surface area is 150 Å². The number of hydrogen-bond acceptors (Lipinski definition) is 4. The zero-order valence-electron chi connectivity index (χ0n) is 15.3. The Morgan fingerprint density at radius 2 is 1.65 bits per heavy atom. The molecule has 0 spiro atoms. The molecule has 2 aromatic carbocycles. The maximum atomic E-state index is 14.6. The molecule has 3 aromatic rings. The summed E-state index contributed by atoms with van der Waals surface area (Å²) in [5, 5.41) is 13.2. The molecule has 0 bridgehead atoms. The number of rotatable bonds is 3. The van der Waals surface area contributed by atoms with Crippen LogP contribution in [0.25, 0.3) is 22.8 Å². The van der Waals surface area contributed by atoms with E-state index in [-0.39, 0.29) is 22.8 Å². The van der Waals surface area contributed by atoms with Crippen LogP contribution < -0.4 is 0 Å². The van der Waals surface area contributed by atoms with E-state index in [0.29, 0.717) is 11.1 Å². The van der Waals surface area contributed by atoms with Gasteiger partial charge in [0.2, 0.25) is 5.82 Å². The first-order valence-corrected chi connectivity index (χ1v) is 8.16. The zero-order chi connectivity index (χ0) is 19.2. The zero-order valence-corrected chi connectivity index (χ0v) is 15.3. The van der Waals surface area contributed by atoms with E-state index in [0.717, 1.165) is 22.3 Å². The maximum Gasteiger partial charge on any atom is 0.335 e. The first kappa shape index (κ1) is 17.8. The van der Waals surface area contributed by atoms with Crippen LogP contribution in [0.5, 0.6) is 0 Å². The van der Waals surface area contributed by atoms with E-state index >= 15 is 0 Å². The lowest BCUT2D eigenvalue weighted by atomic mass is 9.98. The summed E-state index contributed by atoms with van der Waals surface area (Å²) in [5.74, 6) is -1.11. The van der Waals surface area contributed by atoms with Crippen molar-refractivity contribution in [3.8, 4) is 22.8 Å². The number of nitrogens with zero attached hydrogens (tertiary/aromatic N) is 2. The molecule has 0 saturated carbocycles. The van der Waals surface area contributed by atoms with E-state index in [1.54, 1.807) is 26.0 Å². The van der Waals surface area contributed by atoms with Crippen LogP contribution in [0.3, 0.4) is 0 Å². The van der Waals surface area contributed by atoms with Crippen molar-refractivity contribution in [3.05, 3.63) is 57.4 Å². The normalized spacial score (nSPS) is 11.0. The van der Waals surface area contributed by atoms with Gasteiger partial charge in [-0.25, -0.2) is 9.18 Å². The fourth-order valence-corrected chi connectivity index (χ4v) is 2.96. The summed E-state index contributed by atoms with van der Waals surface area (Å²) in [6.45, 7) is 9.06. The number of aromatic nitrogens is 2. The number of hydrogen-bond donors (Lipinski definition) is 1. The van der Waals surface area contributed by atoms with Gasteiger partial charge in [-0.3, -0.25) is 0 Å². The second-order valence-corrected chi connectivity index (χ2v) is 6.52. The van der Waals surface area contributed by atoms with Gasteiger partial charge in [-0.1, -0.05) is 11.2 Å². The number of carboxylic acids is 1. The molecule has 1 aromatic heterocycles. The van der Waals surface area contributed by atoms with Crippen molar-refractivity contribution in [1.82, 2.24) is 10.1 Å². The minimum absolute atomic E-state index is 0.0829. The standard InChI is InChI=1S/C20H19FN2O3/c1-9-6-11(3)17(21)16(13(9)5)19-22-18(23-26-19)15-8-14(20(24)25)7-10(2)12(15)4/h6-8H,1-5H3,(H,24,25). The van der Waals surface area contributed by atoms with Crippen LogP contribution in [-0.4, -0.2) is 21.2 Å². The average Bonchev–Trinajstić information content (AvgIpc) is 3.05. The summed E-state index contributed by atoms with van der Waals surface area (Å²) in [6, 6.07) is 4.87. The van der Waals surface area contributed by atoms with Crippen molar-refractivity contribution in [2.75, 3.05) is 0 Å². The quantitative estimate of drug-likeness (QED) is 0.732. The second-order valence-electron chi connectivity index (χ2n) is 6.52. The van der Waals surface area contributed by atoms with Gasteiger partial charge < -0.3 is 9.63 Å². The Bertz CT molecular complexity index is 1010. The maximum absolute atomic E-state index is 14.6. The molecule has 1 heterocycles. The average molecular weight is 354 g/mol. The van der Waals surface area contributed by atoms with Gasteiger partial charge in [0.05, 0.1) is 11.1 Å². The molecule has 0 atom stereocenters. The highest BCUT2D eigenvalue weighted by molar-refractivity contribution is 5.90. The molecule has 0 unspecified atom stereocenters. The third-order valence-electron chi connectivity index (χ3n) is 4.76. The van der Waals surface area contributed by atoms with Gasteiger partial charge in [0.25, 0.3) is 5.89 Å². The van der Waals surface area contributed by atoms with Crippen molar-refractivity contribution in [3.63, 3.8) is 0 Å².